The summed E-state index contributed by atoms with van der Waals surface area (Å²) in [5.41, 5.74) is 0. The van der Waals surface area contributed by atoms with Crippen LogP contribution in [0.15, 0.2) is 68.4 Å². The standard InChI is InChI=1S/C17H20O3SSi/c1-2-21-22(12-15-6-3-9-18-15,13-16-7-4-10-19-16)14-17-8-5-11-20-17/h3-11H,2,12-14H2,1H3. The van der Waals surface area contributed by atoms with E-state index in [9.17, 15) is 0 Å². The highest BCUT2D eigenvalue weighted by Crippen LogP contribution is 2.32. The van der Waals surface area contributed by atoms with Gasteiger partial charge in [-0.3, -0.25) is 0 Å². The quantitative estimate of drug-likeness (QED) is 0.555. The topological polar surface area (TPSA) is 39.4 Å². The van der Waals surface area contributed by atoms with Gasteiger partial charge in [-0.2, -0.15) is 11.2 Å². The third-order valence-electron chi connectivity index (χ3n) is 3.68. The second-order valence-electron chi connectivity index (χ2n) is 5.38. The van der Waals surface area contributed by atoms with Crippen LogP contribution < -0.4 is 0 Å². The van der Waals surface area contributed by atoms with Crippen LogP contribution >= 0.6 is 11.2 Å². The first-order valence-electron chi connectivity index (χ1n) is 7.51. The van der Waals surface area contributed by atoms with Gasteiger partial charge in [-0.15, -0.1) is 0 Å². The first-order valence-corrected chi connectivity index (χ1v) is 11.8. The van der Waals surface area contributed by atoms with Gasteiger partial charge < -0.3 is 13.3 Å². The van der Waals surface area contributed by atoms with Gasteiger partial charge in [0, 0.05) is 18.1 Å². The lowest BCUT2D eigenvalue weighted by atomic mass is 10.5. The number of hydrogen-bond donors (Lipinski definition) is 0. The summed E-state index contributed by atoms with van der Waals surface area (Å²) in [6.45, 7) is 2.22. The third kappa shape index (κ3) is 3.78. The highest BCUT2D eigenvalue weighted by atomic mass is 32.4. The van der Waals surface area contributed by atoms with Gasteiger partial charge in [0.05, 0.1) is 18.8 Å². The summed E-state index contributed by atoms with van der Waals surface area (Å²) >= 11 is 2.08. The molecule has 0 N–H and O–H groups in total. The Morgan fingerprint density at radius 2 is 1.18 bits per heavy atom. The molecule has 3 nitrogen and oxygen atoms in total. The predicted octanol–water partition coefficient (Wildman–Crippen LogP) is 4.81. The van der Waals surface area contributed by atoms with Crippen LogP contribution in [-0.2, 0) is 18.1 Å². The lowest BCUT2D eigenvalue weighted by Crippen LogP contribution is -2.40. The van der Waals surface area contributed by atoms with Crippen LogP contribution in [0.4, 0.5) is 0 Å². The molecule has 0 radical (unpaired) electrons. The van der Waals surface area contributed by atoms with Gasteiger partial charge in [0.1, 0.15) is 24.5 Å². The summed E-state index contributed by atoms with van der Waals surface area (Å²) in [6.07, 6.45) is 5.26. The Labute approximate surface area is 135 Å². The molecule has 0 aliphatic carbocycles. The third-order valence-corrected chi connectivity index (χ3v) is 11.6. The summed E-state index contributed by atoms with van der Waals surface area (Å²) in [4.78, 5) is 0. The van der Waals surface area contributed by atoms with Crippen molar-refractivity contribution in [3.8, 4) is 0 Å². The van der Waals surface area contributed by atoms with E-state index in [1.165, 1.54) is 0 Å². The monoisotopic (exact) mass is 332 g/mol. The fourth-order valence-corrected chi connectivity index (χ4v) is 10.7. The fraction of sp³-hybridized carbons (Fsp3) is 0.294. The van der Waals surface area contributed by atoms with Crippen molar-refractivity contribution < 1.29 is 13.3 Å². The van der Waals surface area contributed by atoms with Crippen molar-refractivity contribution in [2.24, 2.45) is 0 Å². The lowest BCUT2D eigenvalue weighted by Gasteiger charge is -2.28. The van der Waals surface area contributed by atoms with Gasteiger partial charge in [0.2, 0.25) is 0 Å². The lowest BCUT2D eigenvalue weighted by molar-refractivity contribution is 0.512. The Bertz CT molecular complexity index is 555. The molecule has 0 aromatic carbocycles. The normalized spacial score (nSPS) is 11.9. The van der Waals surface area contributed by atoms with Crippen LogP contribution in [0.25, 0.3) is 0 Å². The minimum absolute atomic E-state index is 0.986. The number of rotatable bonds is 8. The maximum absolute atomic E-state index is 5.63. The predicted molar refractivity (Wildman–Crippen MR) is 91.1 cm³/mol. The Morgan fingerprint density at radius 3 is 1.45 bits per heavy atom. The second-order valence-corrected chi connectivity index (χ2v) is 13.1. The van der Waals surface area contributed by atoms with E-state index in [-0.39, 0.29) is 0 Å². The van der Waals surface area contributed by atoms with E-state index in [1.54, 1.807) is 18.8 Å². The molecule has 0 amide bonds. The van der Waals surface area contributed by atoms with E-state index in [1.807, 2.05) is 18.2 Å². The summed E-state index contributed by atoms with van der Waals surface area (Å²) in [5, 5.41) is 0. The number of hydrogen-bond acceptors (Lipinski definition) is 4. The molecule has 0 atom stereocenters. The molecule has 5 heteroatoms. The second kappa shape index (κ2) is 7.11. The van der Waals surface area contributed by atoms with Crippen LogP contribution in [0.5, 0.6) is 0 Å². The smallest absolute Gasteiger partial charge is 0.139 e. The van der Waals surface area contributed by atoms with Crippen molar-refractivity contribution in [3.05, 3.63) is 72.5 Å². The van der Waals surface area contributed by atoms with Crippen molar-refractivity contribution in [2.75, 3.05) is 5.75 Å². The van der Waals surface area contributed by atoms with Crippen molar-refractivity contribution in [2.45, 2.75) is 25.1 Å². The van der Waals surface area contributed by atoms with E-state index < -0.39 is 7.22 Å². The van der Waals surface area contributed by atoms with Crippen molar-refractivity contribution in [1.82, 2.24) is 0 Å². The molecule has 0 bridgehead atoms. The molecule has 3 rings (SSSR count). The molecule has 116 valence electrons. The van der Waals surface area contributed by atoms with Gasteiger partial charge in [-0.1, -0.05) is 6.92 Å². The first kappa shape index (κ1) is 15.3. The summed E-state index contributed by atoms with van der Waals surface area (Å²) < 4.78 is 16.9. The van der Waals surface area contributed by atoms with E-state index >= 15 is 0 Å². The zero-order chi connectivity index (χ0) is 15.3. The average molecular weight is 332 g/mol. The maximum Gasteiger partial charge on any atom is 0.139 e. The average Bonchev–Trinajstić information content (AvgIpc) is 3.22. The van der Waals surface area contributed by atoms with Crippen LogP contribution in [0.3, 0.4) is 0 Å². The fourth-order valence-electron chi connectivity index (χ4n) is 2.84. The summed E-state index contributed by atoms with van der Waals surface area (Å²) in [5.74, 6) is 4.27. The first-order chi connectivity index (χ1) is 10.8. The molecule has 0 unspecified atom stereocenters. The Morgan fingerprint density at radius 1 is 0.773 bits per heavy atom. The summed E-state index contributed by atoms with van der Waals surface area (Å²) in [6, 6.07) is 15.1. The van der Waals surface area contributed by atoms with Crippen LogP contribution in [-0.4, -0.2) is 13.0 Å². The molecule has 3 heterocycles. The number of furan rings is 3. The molecule has 0 spiro atoms. The largest absolute Gasteiger partial charge is 0.470 e. The Balaban J connectivity index is 1.89. The minimum Gasteiger partial charge on any atom is -0.470 e. The molecule has 22 heavy (non-hydrogen) atoms. The zero-order valence-corrected chi connectivity index (χ0v) is 14.5. The van der Waals surface area contributed by atoms with Crippen LogP contribution in [0, 0.1) is 0 Å². The minimum atomic E-state index is -1.77. The molecule has 3 aromatic heterocycles. The highest BCUT2D eigenvalue weighted by molar-refractivity contribution is 8.28. The molecular formula is C17H20O3SSi. The van der Waals surface area contributed by atoms with Gasteiger partial charge in [0.25, 0.3) is 0 Å². The maximum atomic E-state index is 5.63. The van der Waals surface area contributed by atoms with Gasteiger partial charge in [0.15, 0.2) is 0 Å². The Kier molecular flexibility index (Phi) is 4.95. The molecule has 0 saturated heterocycles. The van der Waals surface area contributed by atoms with E-state index in [2.05, 4.69) is 36.3 Å². The summed E-state index contributed by atoms with van der Waals surface area (Å²) in [7, 11) is -1.77. The SMILES string of the molecule is CCS[Si](Cc1ccco1)(Cc1ccco1)Cc1ccco1. The van der Waals surface area contributed by atoms with Crippen LogP contribution in [0.2, 0.25) is 0 Å². The van der Waals surface area contributed by atoms with Crippen molar-refractivity contribution >= 4 is 18.4 Å². The van der Waals surface area contributed by atoms with Crippen molar-refractivity contribution in [1.29, 1.82) is 0 Å². The molecular weight excluding hydrogens is 312 g/mol. The van der Waals surface area contributed by atoms with Gasteiger partial charge in [-0.05, 0) is 42.2 Å². The molecule has 0 aliphatic rings. The Hall–Kier alpha value is -1.59. The highest BCUT2D eigenvalue weighted by Gasteiger charge is 2.37. The van der Waals surface area contributed by atoms with E-state index in [4.69, 9.17) is 13.3 Å². The van der Waals surface area contributed by atoms with Crippen molar-refractivity contribution in [3.63, 3.8) is 0 Å². The molecule has 0 aliphatic heterocycles. The molecule has 0 fully saturated rings. The zero-order valence-electron chi connectivity index (χ0n) is 12.7. The van der Waals surface area contributed by atoms with E-state index in [0.29, 0.717) is 0 Å². The molecule has 0 saturated carbocycles. The molecule has 3 aromatic rings. The van der Waals surface area contributed by atoms with Crippen LogP contribution in [0.1, 0.15) is 24.2 Å². The van der Waals surface area contributed by atoms with Gasteiger partial charge >= 0.3 is 0 Å². The van der Waals surface area contributed by atoms with Gasteiger partial charge in [-0.25, -0.2) is 0 Å². The van der Waals surface area contributed by atoms with E-state index in [0.717, 1.165) is 41.2 Å².